The molecule has 1 amide bonds. The number of hydrogen-bond acceptors (Lipinski definition) is 4. The third kappa shape index (κ3) is 3.58. The highest BCUT2D eigenvalue weighted by Gasteiger charge is 2.34. The lowest BCUT2D eigenvalue weighted by Crippen LogP contribution is -2.40. The Hall–Kier alpha value is -2.77. The van der Waals surface area contributed by atoms with Gasteiger partial charge in [-0.15, -0.1) is 5.10 Å². The molecule has 1 aromatic carbocycles. The summed E-state index contributed by atoms with van der Waals surface area (Å²) in [6, 6.07) is 5.70. The topological polar surface area (TPSA) is 97.1 Å². The maximum atomic E-state index is 13.2. The van der Waals surface area contributed by atoms with Crippen molar-refractivity contribution in [2.24, 2.45) is 5.92 Å². The molecule has 1 aliphatic carbocycles. The number of nitrogens with zero attached hydrogens (tertiary/aromatic N) is 3. The van der Waals surface area contributed by atoms with Crippen LogP contribution in [0.15, 0.2) is 30.5 Å². The molecule has 2 N–H and O–H groups in total. The van der Waals surface area contributed by atoms with Gasteiger partial charge in [-0.1, -0.05) is 23.8 Å². The summed E-state index contributed by atoms with van der Waals surface area (Å²) in [5, 5.41) is 19.5. The normalized spacial score (nSPS) is 20.0. The van der Waals surface area contributed by atoms with Crippen LogP contribution in [0.5, 0.6) is 0 Å². The van der Waals surface area contributed by atoms with E-state index in [1.807, 2.05) is 0 Å². The monoisotopic (exact) mass is 332 g/mol. The molecule has 7 nitrogen and oxygen atoms in total. The minimum Gasteiger partial charge on any atom is -0.481 e. The molecule has 2 atom stereocenters. The molecule has 1 fully saturated rings. The lowest BCUT2D eigenvalue weighted by Gasteiger charge is -2.16. The first-order chi connectivity index (χ1) is 11.5. The third-order valence-electron chi connectivity index (χ3n) is 4.15. The molecule has 0 unspecified atom stereocenters. The highest BCUT2D eigenvalue weighted by Crippen LogP contribution is 2.26. The van der Waals surface area contributed by atoms with Crippen LogP contribution in [-0.4, -0.2) is 38.0 Å². The van der Waals surface area contributed by atoms with Crippen molar-refractivity contribution >= 4 is 11.9 Å². The van der Waals surface area contributed by atoms with Gasteiger partial charge in [0, 0.05) is 6.04 Å². The van der Waals surface area contributed by atoms with Gasteiger partial charge in [-0.25, -0.2) is 9.07 Å². The summed E-state index contributed by atoms with van der Waals surface area (Å²) in [5.74, 6) is -2.24. The fraction of sp³-hybridized carbons (Fsp3) is 0.375. The molecule has 0 saturated heterocycles. The first-order valence-corrected chi connectivity index (χ1v) is 7.71. The van der Waals surface area contributed by atoms with Gasteiger partial charge in [-0.3, -0.25) is 9.59 Å². The fourth-order valence-corrected chi connectivity index (χ4v) is 2.97. The molecule has 1 aromatic heterocycles. The van der Waals surface area contributed by atoms with E-state index in [-0.39, 0.29) is 17.6 Å². The summed E-state index contributed by atoms with van der Waals surface area (Å²) >= 11 is 0. The average molecular weight is 332 g/mol. The van der Waals surface area contributed by atoms with Crippen molar-refractivity contribution in [1.29, 1.82) is 0 Å². The molecule has 0 radical (unpaired) electrons. The van der Waals surface area contributed by atoms with Gasteiger partial charge in [-0.05, 0) is 30.5 Å². The van der Waals surface area contributed by atoms with E-state index in [1.165, 1.54) is 23.0 Å². The van der Waals surface area contributed by atoms with Gasteiger partial charge >= 0.3 is 5.97 Å². The number of rotatable bonds is 5. The molecule has 0 bridgehead atoms. The van der Waals surface area contributed by atoms with E-state index in [9.17, 15) is 14.0 Å². The molecule has 0 spiro atoms. The Morgan fingerprint density at radius 3 is 2.96 bits per heavy atom. The van der Waals surface area contributed by atoms with Gasteiger partial charge in [0.25, 0.3) is 5.91 Å². The van der Waals surface area contributed by atoms with Crippen LogP contribution in [0, 0.1) is 11.7 Å². The molecular formula is C16H17FN4O3. The summed E-state index contributed by atoms with van der Waals surface area (Å²) < 4.78 is 14.6. The Morgan fingerprint density at radius 1 is 1.38 bits per heavy atom. The van der Waals surface area contributed by atoms with E-state index < -0.39 is 17.8 Å². The molecule has 24 heavy (non-hydrogen) atoms. The first kappa shape index (κ1) is 16.1. The second kappa shape index (κ2) is 6.77. The molecule has 0 aliphatic heterocycles. The predicted octanol–water partition coefficient (Wildman–Crippen LogP) is 1.45. The van der Waals surface area contributed by atoms with Gasteiger partial charge in [-0.2, -0.15) is 0 Å². The molecule has 1 heterocycles. The number of hydrogen-bond donors (Lipinski definition) is 2. The maximum Gasteiger partial charge on any atom is 0.308 e. The van der Waals surface area contributed by atoms with Crippen LogP contribution in [0.4, 0.5) is 4.39 Å². The number of halogens is 1. The quantitative estimate of drug-likeness (QED) is 0.864. The first-order valence-electron chi connectivity index (χ1n) is 7.71. The Morgan fingerprint density at radius 2 is 2.21 bits per heavy atom. The van der Waals surface area contributed by atoms with Crippen LogP contribution < -0.4 is 5.32 Å². The van der Waals surface area contributed by atoms with Crippen molar-refractivity contribution in [1.82, 2.24) is 20.3 Å². The molecule has 8 heteroatoms. The van der Waals surface area contributed by atoms with Crippen molar-refractivity contribution in [2.75, 3.05) is 0 Å². The largest absolute Gasteiger partial charge is 0.481 e. The van der Waals surface area contributed by atoms with Gasteiger partial charge < -0.3 is 10.4 Å². The highest BCUT2D eigenvalue weighted by molar-refractivity contribution is 5.92. The minimum absolute atomic E-state index is 0.113. The van der Waals surface area contributed by atoms with E-state index in [4.69, 9.17) is 5.11 Å². The number of carboxylic acids is 1. The number of carboxylic acid groups (broad SMARTS) is 1. The lowest BCUT2D eigenvalue weighted by molar-refractivity contribution is -0.142. The van der Waals surface area contributed by atoms with Crippen LogP contribution in [0.25, 0.3) is 0 Å². The Labute approximate surface area is 137 Å². The van der Waals surface area contributed by atoms with Crippen molar-refractivity contribution in [3.63, 3.8) is 0 Å². The number of aliphatic carboxylic acids is 1. The van der Waals surface area contributed by atoms with Crippen LogP contribution in [0.1, 0.15) is 35.3 Å². The number of aromatic nitrogens is 3. The van der Waals surface area contributed by atoms with Crippen molar-refractivity contribution in [3.05, 3.63) is 47.5 Å². The van der Waals surface area contributed by atoms with E-state index in [1.54, 1.807) is 12.1 Å². The number of carbonyl (C=O) groups is 2. The second-order valence-corrected chi connectivity index (χ2v) is 5.89. The fourth-order valence-electron chi connectivity index (χ4n) is 2.97. The van der Waals surface area contributed by atoms with Crippen LogP contribution in [0.3, 0.4) is 0 Å². The number of nitrogens with one attached hydrogen (secondary N) is 1. The molecule has 2 aromatic rings. The lowest BCUT2D eigenvalue weighted by atomic mass is 10.0. The highest BCUT2D eigenvalue weighted by atomic mass is 19.1. The van der Waals surface area contributed by atoms with Crippen LogP contribution in [0.2, 0.25) is 0 Å². The summed E-state index contributed by atoms with van der Waals surface area (Å²) in [6.45, 7) is 0.291. The summed E-state index contributed by atoms with van der Waals surface area (Å²) in [5.41, 5.74) is 0.816. The zero-order valence-corrected chi connectivity index (χ0v) is 12.9. The second-order valence-electron chi connectivity index (χ2n) is 5.89. The Kier molecular flexibility index (Phi) is 4.54. The predicted molar refractivity (Wildman–Crippen MR) is 81.8 cm³/mol. The van der Waals surface area contributed by atoms with Gasteiger partial charge in [0.05, 0.1) is 18.7 Å². The molecule has 3 rings (SSSR count). The summed E-state index contributed by atoms with van der Waals surface area (Å²) in [4.78, 5) is 23.4. The minimum atomic E-state index is -0.896. The molecule has 1 aliphatic rings. The Bertz CT molecular complexity index is 761. The van der Waals surface area contributed by atoms with E-state index in [0.29, 0.717) is 24.9 Å². The van der Waals surface area contributed by atoms with Crippen molar-refractivity contribution in [3.8, 4) is 0 Å². The molecule has 1 saturated carbocycles. The zero-order valence-electron chi connectivity index (χ0n) is 12.9. The molecule has 126 valence electrons. The number of amides is 1. The summed E-state index contributed by atoms with van der Waals surface area (Å²) in [6.07, 6.45) is 3.44. The van der Waals surface area contributed by atoms with Crippen molar-refractivity contribution < 1.29 is 19.1 Å². The van der Waals surface area contributed by atoms with Gasteiger partial charge in [0.2, 0.25) is 0 Å². The van der Waals surface area contributed by atoms with Crippen LogP contribution in [-0.2, 0) is 11.3 Å². The van der Waals surface area contributed by atoms with Gasteiger partial charge in [0.15, 0.2) is 5.69 Å². The Balaban J connectivity index is 1.64. The third-order valence-corrected chi connectivity index (χ3v) is 4.15. The van der Waals surface area contributed by atoms with Gasteiger partial charge in [0.1, 0.15) is 5.82 Å². The maximum absolute atomic E-state index is 13.2. The number of carbonyl (C=O) groups excluding carboxylic acids is 1. The van der Waals surface area contributed by atoms with E-state index >= 15 is 0 Å². The van der Waals surface area contributed by atoms with Crippen molar-refractivity contribution in [2.45, 2.75) is 31.8 Å². The standard InChI is InChI=1S/C16H17FN4O3/c17-11-4-1-3-10(7-11)8-21-9-14(19-20-21)15(22)18-13-6-2-5-12(13)16(23)24/h1,3-4,7,9,12-13H,2,5-6,8H2,(H,18,22)(H,23,24)/t12-,13+/m1/s1. The molecular weight excluding hydrogens is 315 g/mol. The number of benzene rings is 1. The van der Waals surface area contributed by atoms with E-state index in [0.717, 1.165) is 6.42 Å². The smallest absolute Gasteiger partial charge is 0.308 e. The SMILES string of the molecule is O=C(N[C@H]1CCC[C@H]1C(=O)O)c1cn(Cc2cccc(F)c2)nn1. The summed E-state index contributed by atoms with van der Waals surface area (Å²) in [7, 11) is 0. The van der Waals surface area contributed by atoms with Crippen LogP contribution >= 0.6 is 0 Å². The average Bonchev–Trinajstić information content (AvgIpc) is 3.16. The zero-order chi connectivity index (χ0) is 17.1. The van der Waals surface area contributed by atoms with E-state index in [2.05, 4.69) is 15.6 Å².